The molecule has 0 fully saturated rings. The highest BCUT2D eigenvalue weighted by Crippen LogP contribution is 2.25. The highest BCUT2D eigenvalue weighted by Gasteiger charge is 2.35. The maximum Gasteiger partial charge on any atom is 0.431 e. The Morgan fingerprint density at radius 1 is 1.05 bits per heavy atom. The van der Waals surface area contributed by atoms with Crippen molar-refractivity contribution in [2.75, 3.05) is 0 Å². The lowest BCUT2D eigenvalue weighted by Gasteiger charge is -2.12. The largest absolute Gasteiger partial charge is 0.431 e. The van der Waals surface area contributed by atoms with E-state index in [2.05, 4.69) is 0 Å². The van der Waals surface area contributed by atoms with Gasteiger partial charge in [0.1, 0.15) is 5.70 Å². The van der Waals surface area contributed by atoms with Crippen LogP contribution in [0.25, 0.3) is 0 Å². The van der Waals surface area contributed by atoms with Crippen LogP contribution in [0.4, 0.5) is 13.2 Å². The molecule has 1 rings (SSSR count). The molecule has 1 amide bonds. The summed E-state index contributed by atoms with van der Waals surface area (Å²) >= 11 is 0. The number of allylic oxidation sites excluding steroid dienone is 1. The summed E-state index contributed by atoms with van der Waals surface area (Å²) < 4.78 is 37.5. The number of halogens is 3. The molecule has 1 aromatic rings. The van der Waals surface area contributed by atoms with E-state index in [1.54, 1.807) is 24.3 Å². The van der Waals surface area contributed by atoms with Crippen LogP contribution in [0.5, 0.6) is 0 Å². The van der Waals surface area contributed by atoms with Gasteiger partial charge in [0.25, 0.3) is 0 Å². The van der Waals surface area contributed by atoms with E-state index in [1.807, 2.05) is 20.8 Å². The normalized spacial score (nSPS) is 12.1. The molecule has 0 aliphatic carbocycles. The van der Waals surface area contributed by atoms with Gasteiger partial charge in [-0.25, -0.2) is 0 Å². The SMILES string of the molecule is CC.CCc1ccc(C/C(C(N)=O)=C(/N)C(F)(F)F)cc1. The van der Waals surface area contributed by atoms with E-state index in [9.17, 15) is 18.0 Å². The minimum Gasteiger partial charge on any atom is -0.394 e. The van der Waals surface area contributed by atoms with Gasteiger partial charge < -0.3 is 11.5 Å². The number of nitrogens with two attached hydrogens (primary N) is 2. The van der Waals surface area contributed by atoms with E-state index in [-0.39, 0.29) is 6.42 Å². The van der Waals surface area contributed by atoms with Crippen LogP contribution < -0.4 is 11.5 Å². The summed E-state index contributed by atoms with van der Waals surface area (Å²) in [6.45, 7) is 5.96. The van der Waals surface area contributed by atoms with Gasteiger partial charge in [-0.1, -0.05) is 45.0 Å². The molecule has 0 aromatic heterocycles. The van der Waals surface area contributed by atoms with Crippen molar-refractivity contribution in [2.45, 2.75) is 39.8 Å². The van der Waals surface area contributed by atoms with Gasteiger partial charge in [0.05, 0.1) is 0 Å². The Hall–Kier alpha value is -1.98. The molecule has 6 heteroatoms. The molecule has 0 spiro atoms. The molecule has 0 bridgehead atoms. The third-order valence-electron chi connectivity index (χ3n) is 2.74. The number of alkyl halides is 3. The molecule has 4 N–H and O–H groups in total. The predicted molar refractivity (Wildman–Crippen MR) is 77.3 cm³/mol. The summed E-state index contributed by atoms with van der Waals surface area (Å²) in [5, 5.41) is 0. The molecule has 1 aromatic carbocycles. The molecule has 0 unspecified atom stereocenters. The van der Waals surface area contributed by atoms with Crippen molar-refractivity contribution in [3.63, 3.8) is 0 Å². The molecule has 0 atom stereocenters. The maximum absolute atomic E-state index is 12.5. The van der Waals surface area contributed by atoms with Gasteiger partial charge >= 0.3 is 6.18 Å². The number of rotatable bonds is 4. The van der Waals surface area contributed by atoms with Crippen molar-refractivity contribution in [1.82, 2.24) is 0 Å². The monoisotopic (exact) mass is 302 g/mol. The lowest BCUT2D eigenvalue weighted by atomic mass is 10.0. The quantitative estimate of drug-likeness (QED) is 0.839. The van der Waals surface area contributed by atoms with Crippen molar-refractivity contribution < 1.29 is 18.0 Å². The second-order valence-corrected chi connectivity index (χ2v) is 4.10. The fraction of sp³-hybridized carbons (Fsp3) is 0.400. The van der Waals surface area contributed by atoms with Gasteiger partial charge in [-0.05, 0) is 17.5 Å². The van der Waals surface area contributed by atoms with Crippen molar-refractivity contribution in [2.24, 2.45) is 11.5 Å². The summed E-state index contributed by atoms with van der Waals surface area (Å²) in [4.78, 5) is 11.1. The fourth-order valence-electron chi connectivity index (χ4n) is 1.58. The summed E-state index contributed by atoms with van der Waals surface area (Å²) in [7, 11) is 0. The third kappa shape index (κ3) is 5.89. The lowest BCUT2D eigenvalue weighted by molar-refractivity contribution is -0.116. The summed E-state index contributed by atoms with van der Waals surface area (Å²) in [5.41, 5.74) is 9.48. The van der Waals surface area contributed by atoms with E-state index in [4.69, 9.17) is 11.5 Å². The van der Waals surface area contributed by atoms with Crippen LogP contribution in [0.3, 0.4) is 0 Å². The molecule has 0 saturated heterocycles. The number of hydrogen-bond acceptors (Lipinski definition) is 2. The van der Waals surface area contributed by atoms with E-state index in [0.717, 1.165) is 12.0 Å². The maximum atomic E-state index is 12.5. The first-order valence-electron chi connectivity index (χ1n) is 6.69. The molecule has 21 heavy (non-hydrogen) atoms. The van der Waals surface area contributed by atoms with Crippen LogP contribution in [0.2, 0.25) is 0 Å². The molecule has 118 valence electrons. The predicted octanol–water partition coefficient (Wildman–Crippen LogP) is 3.08. The van der Waals surface area contributed by atoms with Crippen LogP contribution in [0.1, 0.15) is 31.9 Å². The van der Waals surface area contributed by atoms with Crippen LogP contribution in [-0.2, 0) is 17.6 Å². The Balaban J connectivity index is 0.00000191. The average molecular weight is 302 g/mol. The molecule has 0 heterocycles. The Morgan fingerprint density at radius 2 is 1.48 bits per heavy atom. The first-order valence-corrected chi connectivity index (χ1v) is 6.69. The van der Waals surface area contributed by atoms with E-state index in [0.29, 0.717) is 5.56 Å². The van der Waals surface area contributed by atoms with E-state index < -0.39 is 23.4 Å². The topological polar surface area (TPSA) is 69.1 Å². The zero-order valence-corrected chi connectivity index (χ0v) is 12.4. The van der Waals surface area contributed by atoms with Gasteiger partial charge in [0.2, 0.25) is 5.91 Å². The van der Waals surface area contributed by atoms with Crippen molar-refractivity contribution in [3.05, 3.63) is 46.7 Å². The van der Waals surface area contributed by atoms with E-state index in [1.165, 1.54) is 0 Å². The number of carbonyl (C=O) groups is 1. The molecule has 0 aliphatic rings. The second-order valence-electron chi connectivity index (χ2n) is 4.10. The average Bonchev–Trinajstić information content (AvgIpc) is 2.45. The number of primary amides is 1. The highest BCUT2D eigenvalue weighted by molar-refractivity contribution is 5.93. The molecular weight excluding hydrogens is 281 g/mol. The summed E-state index contributed by atoms with van der Waals surface area (Å²) in [6.07, 6.45) is -4.16. The minimum absolute atomic E-state index is 0.231. The van der Waals surface area contributed by atoms with Gasteiger partial charge in [0.15, 0.2) is 0 Å². The van der Waals surface area contributed by atoms with Gasteiger partial charge in [-0.3, -0.25) is 4.79 Å². The van der Waals surface area contributed by atoms with Crippen molar-refractivity contribution in [1.29, 1.82) is 0 Å². The number of hydrogen-bond donors (Lipinski definition) is 2. The van der Waals surface area contributed by atoms with Crippen LogP contribution in [-0.4, -0.2) is 12.1 Å². The zero-order chi connectivity index (χ0) is 16.6. The van der Waals surface area contributed by atoms with Gasteiger partial charge in [-0.2, -0.15) is 13.2 Å². The van der Waals surface area contributed by atoms with Crippen molar-refractivity contribution >= 4 is 5.91 Å². The Kier molecular flexibility index (Phi) is 7.55. The number of aryl methyl sites for hydroxylation is 1. The van der Waals surface area contributed by atoms with Crippen LogP contribution in [0, 0.1) is 0 Å². The number of benzene rings is 1. The lowest BCUT2D eigenvalue weighted by Crippen LogP contribution is -2.28. The first kappa shape index (κ1) is 19.0. The number of carbonyl (C=O) groups excluding carboxylic acids is 1. The molecule has 0 saturated carbocycles. The van der Waals surface area contributed by atoms with Crippen LogP contribution in [0.15, 0.2) is 35.5 Å². The van der Waals surface area contributed by atoms with Crippen LogP contribution >= 0.6 is 0 Å². The molecule has 3 nitrogen and oxygen atoms in total. The Morgan fingerprint density at radius 3 is 1.81 bits per heavy atom. The highest BCUT2D eigenvalue weighted by atomic mass is 19.4. The summed E-state index contributed by atoms with van der Waals surface area (Å²) in [5.74, 6) is -1.16. The van der Waals surface area contributed by atoms with E-state index >= 15 is 0 Å². The van der Waals surface area contributed by atoms with Gasteiger partial charge in [-0.15, -0.1) is 0 Å². The summed E-state index contributed by atoms with van der Waals surface area (Å²) in [6, 6.07) is 6.90. The fourth-order valence-corrected chi connectivity index (χ4v) is 1.58. The molecular formula is C15H21F3N2O. The Labute approximate surface area is 122 Å². The zero-order valence-electron chi connectivity index (χ0n) is 12.4. The van der Waals surface area contributed by atoms with Gasteiger partial charge in [0, 0.05) is 12.0 Å². The second kappa shape index (κ2) is 8.34. The Bertz CT molecular complexity index is 491. The smallest absolute Gasteiger partial charge is 0.394 e. The first-order chi connectivity index (χ1) is 9.75. The molecule has 0 radical (unpaired) electrons. The molecule has 0 aliphatic heterocycles. The third-order valence-corrected chi connectivity index (χ3v) is 2.74. The standard InChI is InChI=1S/C13H15F3N2O.C2H6/c1-2-8-3-5-9(6-4-8)7-10(12(18)19)11(17)13(14,15)16;1-2/h3-6H,2,7,17H2,1H3,(H2,18,19);1-2H3/b11-10-;. The van der Waals surface area contributed by atoms with Crippen molar-refractivity contribution in [3.8, 4) is 0 Å². The minimum atomic E-state index is -4.76. The number of amides is 1.